The van der Waals surface area contributed by atoms with Crippen molar-refractivity contribution in [3.8, 4) is 5.75 Å². The van der Waals surface area contributed by atoms with Crippen molar-refractivity contribution in [2.24, 2.45) is 0 Å². The summed E-state index contributed by atoms with van der Waals surface area (Å²) in [7, 11) is 0. The molecule has 0 unspecified atom stereocenters. The number of hydrogen-bond acceptors (Lipinski definition) is 4. The molecule has 0 N–H and O–H groups in total. The minimum absolute atomic E-state index is 0.310. The second kappa shape index (κ2) is 3.71. The predicted molar refractivity (Wildman–Crippen MR) is 45.1 cm³/mol. The number of aromatic nitrogens is 2. The van der Waals surface area contributed by atoms with Crippen LogP contribution in [0.2, 0.25) is 0 Å². The van der Waals surface area contributed by atoms with Crippen molar-refractivity contribution in [1.29, 1.82) is 0 Å². The second-order valence-corrected chi connectivity index (χ2v) is 2.44. The van der Waals surface area contributed by atoms with Crippen molar-refractivity contribution in [3.05, 3.63) is 42.5 Å². The summed E-state index contributed by atoms with van der Waals surface area (Å²) in [5, 5.41) is 3.47. The lowest BCUT2D eigenvalue weighted by Crippen LogP contribution is -1.94. The minimum atomic E-state index is 0.310. The molecule has 1 aromatic carbocycles. The lowest BCUT2D eigenvalue weighted by Gasteiger charge is -2.00. The van der Waals surface area contributed by atoms with Gasteiger partial charge in [0.15, 0.2) is 12.9 Å². The van der Waals surface area contributed by atoms with E-state index in [9.17, 15) is 0 Å². The van der Waals surface area contributed by atoms with Crippen molar-refractivity contribution >= 4 is 0 Å². The highest BCUT2D eigenvalue weighted by Gasteiger charge is 1.98. The molecule has 0 bridgehead atoms. The number of para-hydroxylation sites is 1. The van der Waals surface area contributed by atoms with Gasteiger partial charge in [0.25, 0.3) is 5.89 Å². The Balaban J connectivity index is 1.94. The average Bonchev–Trinajstić information content (AvgIpc) is 2.69. The van der Waals surface area contributed by atoms with Crippen molar-refractivity contribution in [2.75, 3.05) is 0 Å². The van der Waals surface area contributed by atoms with E-state index in [4.69, 9.17) is 9.26 Å². The molecule has 0 amide bonds. The maximum Gasteiger partial charge on any atom is 0.264 e. The Morgan fingerprint density at radius 2 is 2.08 bits per heavy atom. The normalized spacial score (nSPS) is 9.85. The third-order valence-electron chi connectivity index (χ3n) is 1.51. The van der Waals surface area contributed by atoms with Crippen LogP contribution in [-0.2, 0) is 6.61 Å². The quantitative estimate of drug-likeness (QED) is 0.713. The summed E-state index contributed by atoms with van der Waals surface area (Å²) in [4.78, 5) is 3.83. The van der Waals surface area contributed by atoms with Gasteiger partial charge in [-0.25, -0.2) is 0 Å². The lowest BCUT2D eigenvalue weighted by atomic mass is 10.3. The highest BCUT2D eigenvalue weighted by atomic mass is 16.5. The summed E-state index contributed by atoms with van der Waals surface area (Å²) in [6.45, 7) is 0.310. The highest BCUT2D eigenvalue weighted by molar-refractivity contribution is 5.20. The smallest absolute Gasteiger partial charge is 0.264 e. The van der Waals surface area contributed by atoms with Gasteiger partial charge >= 0.3 is 0 Å². The van der Waals surface area contributed by atoms with Crippen LogP contribution in [0.4, 0.5) is 0 Å². The maximum atomic E-state index is 5.35. The van der Waals surface area contributed by atoms with E-state index in [-0.39, 0.29) is 0 Å². The Kier molecular flexibility index (Phi) is 2.22. The van der Waals surface area contributed by atoms with Gasteiger partial charge in [0.2, 0.25) is 0 Å². The number of nitrogens with zero attached hydrogens (tertiary/aromatic N) is 2. The van der Waals surface area contributed by atoms with Crippen LogP contribution in [0.15, 0.2) is 41.2 Å². The number of hydrogen-bond donors (Lipinski definition) is 0. The van der Waals surface area contributed by atoms with Gasteiger partial charge in [-0.2, -0.15) is 4.98 Å². The van der Waals surface area contributed by atoms with Crippen molar-refractivity contribution in [2.45, 2.75) is 6.61 Å². The van der Waals surface area contributed by atoms with Gasteiger partial charge in [-0.15, -0.1) is 0 Å². The molecule has 0 saturated carbocycles. The number of rotatable bonds is 3. The van der Waals surface area contributed by atoms with Crippen molar-refractivity contribution in [1.82, 2.24) is 10.1 Å². The molecule has 1 aromatic heterocycles. The topological polar surface area (TPSA) is 48.2 Å². The first kappa shape index (κ1) is 7.79. The molecule has 0 aliphatic rings. The minimum Gasteiger partial charge on any atom is -0.484 e. The van der Waals surface area contributed by atoms with Crippen LogP contribution in [0.5, 0.6) is 5.75 Å². The molecule has 2 aromatic rings. The van der Waals surface area contributed by atoms with Crippen LogP contribution in [0, 0.1) is 0 Å². The number of benzene rings is 1. The van der Waals surface area contributed by atoms with Crippen LogP contribution < -0.4 is 4.74 Å². The van der Waals surface area contributed by atoms with Crippen LogP contribution in [-0.4, -0.2) is 10.1 Å². The summed E-state index contributed by atoms with van der Waals surface area (Å²) in [5.74, 6) is 1.27. The van der Waals surface area contributed by atoms with Gasteiger partial charge in [0, 0.05) is 0 Å². The van der Waals surface area contributed by atoms with E-state index in [1.54, 1.807) is 0 Å². The molecule has 0 fully saturated rings. The lowest BCUT2D eigenvalue weighted by molar-refractivity contribution is 0.243. The largest absolute Gasteiger partial charge is 0.484 e. The molecule has 0 aliphatic carbocycles. The Morgan fingerprint density at radius 3 is 2.77 bits per heavy atom. The second-order valence-electron chi connectivity index (χ2n) is 2.44. The average molecular weight is 176 g/mol. The van der Waals surface area contributed by atoms with E-state index < -0.39 is 0 Å². The first-order valence-electron chi connectivity index (χ1n) is 3.88. The predicted octanol–water partition coefficient (Wildman–Crippen LogP) is 1.65. The molecule has 0 spiro atoms. The molecule has 13 heavy (non-hydrogen) atoms. The van der Waals surface area contributed by atoms with Gasteiger partial charge in [-0.1, -0.05) is 23.4 Å². The zero-order chi connectivity index (χ0) is 8.93. The molecule has 66 valence electrons. The molecule has 1 heterocycles. The molecule has 2 rings (SSSR count). The molecule has 4 nitrogen and oxygen atoms in total. The first-order chi connectivity index (χ1) is 6.45. The fourth-order valence-corrected chi connectivity index (χ4v) is 0.921. The van der Waals surface area contributed by atoms with Crippen LogP contribution in [0.3, 0.4) is 0 Å². The zero-order valence-corrected chi connectivity index (χ0v) is 6.88. The Labute approximate surface area is 75.2 Å². The van der Waals surface area contributed by atoms with Crippen LogP contribution in [0.25, 0.3) is 0 Å². The molecule has 0 aliphatic heterocycles. The van der Waals surface area contributed by atoms with Crippen molar-refractivity contribution in [3.63, 3.8) is 0 Å². The standard InChI is InChI=1S/C9H8N2O2/c1-2-4-8(5-3-1)12-6-9-10-7-11-13-9/h1-5,7H,6H2. The van der Waals surface area contributed by atoms with Crippen LogP contribution >= 0.6 is 0 Å². The van der Waals surface area contributed by atoms with E-state index >= 15 is 0 Å². The molecule has 4 heteroatoms. The summed E-state index contributed by atoms with van der Waals surface area (Å²) < 4.78 is 10.1. The molecular formula is C9H8N2O2. The van der Waals surface area contributed by atoms with E-state index in [1.807, 2.05) is 30.3 Å². The summed E-state index contributed by atoms with van der Waals surface area (Å²) in [6, 6.07) is 9.48. The first-order valence-corrected chi connectivity index (χ1v) is 3.88. The molecule has 0 radical (unpaired) electrons. The Hall–Kier alpha value is -1.84. The molecule has 0 atom stereocenters. The fourth-order valence-electron chi connectivity index (χ4n) is 0.921. The molecular weight excluding hydrogens is 168 g/mol. The van der Waals surface area contributed by atoms with Crippen LogP contribution in [0.1, 0.15) is 5.89 Å². The maximum absolute atomic E-state index is 5.35. The number of ether oxygens (including phenoxy) is 1. The monoisotopic (exact) mass is 176 g/mol. The van der Waals surface area contributed by atoms with Crippen molar-refractivity contribution < 1.29 is 9.26 Å². The van der Waals surface area contributed by atoms with E-state index in [1.165, 1.54) is 6.33 Å². The van der Waals surface area contributed by atoms with Gasteiger partial charge in [0.05, 0.1) is 0 Å². The van der Waals surface area contributed by atoms with Gasteiger partial charge in [-0.3, -0.25) is 0 Å². The van der Waals surface area contributed by atoms with Gasteiger partial charge in [0.1, 0.15) is 5.75 Å². The molecule has 0 saturated heterocycles. The van der Waals surface area contributed by atoms with Gasteiger partial charge < -0.3 is 9.26 Å². The van der Waals surface area contributed by atoms with E-state index in [0.29, 0.717) is 12.5 Å². The Bertz CT molecular complexity index is 345. The summed E-state index contributed by atoms with van der Waals surface area (Å²) in [6.07, 6.45) is 1.35. The third-order valence-corrected chi connectivity index (χ3v) is 1.51. The highest BCUT2D eigenvalue weighted by Crippen LogP contribution is 2.09. The SMILES string of the molecule is c1ccc(OCc2ncno2)cc1. The van der Waals surface area contributed by atoms with E-state index in [0.717, 1.165) is 5.75 Å². The Morgan fingerprint density at radius 1 is 1.23 bits per heavy atom. The zero-order valence-electron chi connectivity index (χ0n) is 6.88. The fraction of sp³-hybridized carbons (Fsp3) is 0.111. The summed E-state index contributed by atoms with van der Waals surface area (Å²) in [5.41, 5.74) is 0. The van der Waals surface area contributed by atoms with Gasteiger partial charge in [-0.05, 0) is 12.1 Å². The van der Waals surface area contributed by atoms with E-state index in [2.05, 4.69) is 10.1 Å². The third kappa shape index (κ3) is 2.05. The summed E-state index contributed by atoms with van der Waals surface area (Å²) >= 11 is 0.